The van der Waals surface area contributed by atoms with Gasteiger partial charge in [-0.05, 0) is 26.0 Å². The van der Waals surface area contributed by atoms with E-state index >= 15 is 0 Å². The zero-order valence-electron chi connectivity index (χ0n) is 11.7. The van der Waals surface area contributed by atoms with E-state index in [4.69, 9.17) is 4.98 Å². The number of aryl methyl sites for hydroxylation is 1. The lowest BCUT2D eigenvalue weighted by Crippen LogP contribution is -2.16. The number of nitrogens with one attached hydrogen (secondary N) is 1. The molecule has 0 saturated carbocycles. The Morgan fingerprint density at radius 3 is 2.39 bits per heavy atom. The summed E-state index contributed by atoms with van der Waals surface area (Å²) in [6, 6.07) is 4.30. The Bertz CT molecular complexity index is 506. The van der Waals surface area contributed by atoms with Crippen molar-refractivity contribution in [1.29, 1.82) is 0 Å². The van der Waals surface area contributed by atoms with Gasteiger partial charge < -0.3 is 5.43 Å². The molecule has 0 saturated heterocycles. The van der Waals surface area contributed by atoms with Crippen LogP contribution >= 0.6 is 11.3 Å². The van der Waals surface area contributed by atoms with Crippen molar-refractivity contribution in [3.8, 4) is 0 Å². The summed E-state index contributed by atoms with van der Waals surface area (Å²) in [5.41, 5.74) is 4.69. The molecule has 1 N–H and O–H groups in total. The van der Waals surface area contributed by atoms with Gasteiger partial charge in [-0.3, -0.25) is 4.68 Å². The summed E-state index contributed by atoms with van der Waals surface area (Å²) in [6.45, 7) is 10.9. The lowest BCUT2D eigenvalue weighted by atomic mass is 9.98. The second-order valence-electron chi connectivity index (χ2n) is 5.66. The van der Waals surface area contributed by atoms with Crippen LogP contribution in [0.3, 0.4) is 0 Å². The van der Waals surface area contributed by atoms with Crippen LogP contribution in [0.2, 0.25) is 0 Å². The molecule has 0 amide bonds. The summed E-state index contributed by atoms with van der Waals surface area (Å²) in [4.78, 5) is 6.02. The molecule has 1 unspecified atom stereocenters. The molecule has 18 heavy (non-hydrogen) atoms. The van der Waals surface area contributed by atoms with Gasteiger partial charge >= 0.3 is 0 Å². The first kappa shape index (κ1) is 13.1. The molecule has 0 aliphatic carbocycles. The highest BCUT2D eigenvalue weighted by Gasteiger charge is 2.22. The van der Waals surface area contributed by atoms with E-state index in [0.717, 1.165) is 5.69 Å². The third-order valence-corrected chi connectivity index (χ3v) is 4.58. The fourth-order valence-corrected chi connectivity index (χ4v) is 2.95. The molecule has 3 nitrogen and oxygen atoms in total. The van der Waals surface area contributed by atoms with Crippen molar-refractivity contribution >= 4 is 11.3 Å². The molecule has 0 fully saturated rings. The van der Waals surface area contributed by atoms with E-state index in [1.54, 1.807) is 0 Å². The van der Waals surface area contributed by atoms with Crippen LogP contribution in [0, 0.1) is 6.92 Å². The minimum Gasteiger partial charge on any atom is -0.318 e. The summed E-state index contributed by atoms with van der Waals surface area (Å²) in [7, 11) is 0. The highest BCUT2D eigenvalue weighted by Crippen LogP contribution is 2.32. The highest BCUT2D eigenvalue weighted by molar-refractivity contribution is 7.12. The molecule has 2 aromatic heterocycles. The number of nitrogens with zero attached hydrogens (tertiary/aromatic N) is 2. The fourth-order valence-electron chi connectivity index (χ4n) is 1.83. The number of thiazole rings is 1. The molecule has 0 aliphatic heterocycles. The lowest BCUT2D eigenvalue weighted by Gasteiger charge is -2.16. The van der Waals surface area contributed by atoms with Gasteiger partial charge in [0.15, 0.2) is 0 Å². The second-order valence-corrected chi connectivity index (χ2v) is 6.69. The Kier molecular flexibility index (Phi) is 3.48. The van der Waals surface area contributed by atoms with Gasteiger partial charge in [0.25, 0.3) is 0 Å². The Balaban J connectivity index is 2.20. The maximum atomic E-state index is 4.70. The van der Waals surface area contributed by atoms with Crippen LogP contribution < -0.4 is 5.43 Å². The number of rotatable bonds is 3. The van der Waals surface area contributed by atoms with Crippen LogP contribution in [0.4, 0.5) is 0 Å². The maximum Gasteiger partial charge on any atom is 0.0985 e. The minimum absolute atomic E-state index is 0.126. The van der Waals surface area contributed by atoms with Crippen LogP contribution in [0.15, 0.2) is 24.5 Å². The van der Waals surface area contributed by atoms with Crippen LogP contribution in [-0.2, 0) is 5.41 Å². The molecule has 1 atom stereocenters. The predicted molar refractivity (Wildman–Crippen MR) is 77.8 cm³/mol. The molecule has 0 bridgehead atoms. The van der Waals surface area contributed by atoms with Gasteiger partial charge in [-0.15, -0.1) is 11.3 Å². The van der Waals surface area contributed by atoms with E-state index in [9.17, 15) is 0 Å². The molecule has 2 heterocycles. The van der Waals surface area contributed by atoms with Crippen molar-refractivity contribution in [3.63, 3.8) is 0 Å². The van der Waals surface area contributed by atoms with Crippen LogP contribution in [0.5, 0.6) is 0 Å². The SMILES string of the molecule is Cc1nc(C(C)(C)C)sc1C(C)Nn1cccc1. The zero-order chi connectivity index (χ0) is 13.3. The topological polar surface area (TPSA) is 29.9 Å². The normalized spacial score (nSPS) is 13.6. The number of hydrogen-bond donors (Lipinski definition) is 1. The van der Waals surface area contributed by atoms with Gasteiger partial charge in [0.2, 0.25) is 0 Å². The number of hydrogen-bond acceptors (Lipinski definition) is 3. The first-order chi connectivity index (χ1) is 8.38. The molecule has 0 aromatic carbocycles. The summed E-state index contributed by atoms with van der Waals surface area (Å²) in [6.07, 6.45) is 4.02. The molecule has 2 aromatic rings. The van der Waals surface area contributed by atoms with Gasteiger partial charge in [0, 0.05) is 17.8 Å². The smallest absolute Gasteiger partial charge is 0.0985 e. The van der Waals surface area contributed by atoms with E-state index in [-0.39, 0.29) is 11.5 Å². The van der Waals surface area contributed by atoms with E-state index in [0.29, 0.717) is 0 Å². The van der Waals surface area contributed by atoms with Gasteiger partial charge in [-0.2, -0.15) is 0 Å². The molecular formula is C14H21N3S. The third-order valence-electron chi connectivity index (χ3n) is 2.81. The van der Waals surface area contributed by atoms with Crippen molar-refractivity contribution in [2.45, 2.75) is 46.1 Å². The first-order valence-corrected chi connectivity index (χ1v) is 7.07. The number of aromatic nitrogens is 2. The Morgan fingerprint density at radius 1 is 1.28 bits per heavy atom. The highest BCUT2D eigenvalue weighted by atomic mass is 32.1. The van der Waals surface area contributed by atoms with E-state index in [1.165, 1.54) is 9.88 Å². The first-order valence-electron chi connectivity index (χ1n) is 6.25. The monoisotopic (exact) mass is 263 g/mol. The fraction of sp³-hybridized carbons (Fsp3) is 0.500. The molecule has 0 spiro atoms. The standard InChI is InChI=1S/C14H21N3S/c1-10-12(18-13(15-10)14(3,4)5)11(2)16-17-8-6-7-9-17/h6-9,11,16H,1-5H3. The summed E-state index contributed by atoms with van der Waals surface area (Å²) in [5.74, 6) is 0. The van der Waals surface area contributed by atoms with Crippen LogP contribution in [-0.4, -0.2) is 9.66 Å². The van der Waals surface area contributed by atoms with E-state index in [2.05, 4.69) is 40.0 Å². The van der Waals surface area contributed by atoms with Crippen molar-refractivity contribution in [3.05, 3.63) is 40.1 Å². The molecular weight excluding hydrogens is 242 g/mol. The average molecular weight is 263 g/mol. The summed E-state index contributed by atoms with van der Waals surface area (Å²) < 4.78 is 1.99. The van der Waals surface area contributed by atoms with Gasteiger partial charge in [0.05, 0.1) is 21.6 Å². The molecule has 0 aliphatic rings. The Labute approximate surface area is 113 Å². The second kappa shape index (κ2) is 4.76. The summed E-state index contributed by atoms with van der Waals surface area (Å²) in [5, 5.41) is 1.20. The van der Waals surface area contributed by atoms with Crippen molar-refractivity contribution in [2.75, 3.05) is 5.43 Å². The third kappa shape index (κ3) is 2.75. The lowest BCUT2D eigenvalue weighted by molar-refractivity contribution is 0.584. The van der Waals surface area contributed by atoms with Crippen LogP contribution in [0.1, 0.15) is 49.3 Å². The van der Waals surface area contributed by atoms with Crippen molar-refractivity contribution in [1.82, 2.24) is 9.66 Å². The van der Waals surface area contributed by atoms with Gasteiger partial charge in [-0.1, -0.05) is 20.8 Å². The van der Waals surface area contributed by atoms with Crippen LogP contribution in [0.25, 0.3) is 0 Å². The van der Waals surface area contributed by atoms with E-state index in [1.807, 2.05) is 40.5 Å². The minimum atomic E-state index is 0.126. The zero-order valence-corrected chi connectivity index (χ0v) is 12.5. The quantitative estimate of drug-likeness (QED) is 0.911. The predicted octanol–water partition coefficient (Wildman–Crippen LogP) is 3.86. The van der Waals surface area contributed by atoms with Crippen molar-refractivity contribution in [2.24, 2.45) is 0 Å². The Hall–Kier alpha value is -1.29. The largest absolute Gasteiger partial charge is 0.318 e. The maximum absolute atomic E-state index is 4.70. The van der Waals surface area contributed by atoms with Crippen molar-refractivity contribution < 1.29 is 0 Å². The Morgan fingerprint density at radius 2 is 1.89 bits per heavy atom. The average Bonchev–Trinajstić information content (AvgIpc) is 2.85. The summed E-state index contributed by atoms with van der Waals surface area (Å²) >= 11 is 1.81. The van der Waals surface area contributed by atoms with Gasteiger partial charge in [-0.25, -0.2) is 4.98 Å². The molecule has 4 heteroatoms. The van der Waals surface area contributed by atoms with Gasteiger partial charge in [0.1, 0.15) is 0 Å². The van der Waals surface area contributed by atoms with E-state index < -0.39 is 0 Å². The molecule has 98 valence electrons. The molecule has 2 rings (SSSR count). The molecule has 0 radical (unpaired) electrons.